The van der Waals surface area contributed by atoms with Crippen LogP contribution in [0.15, 0.2) is 71.8 Å². The summed E-state index contributed by atoms with van der Waals surface area (Å²) in [5.74, 6) is -0.485. The first-order valence-electron chi connectivity index (χ1n) is 8.13. The molecule has 0 radical (unpaired) electrons. The first kappa shape index (κ1) is 15.8. The Hall–Kier alpha value is -3.67. The number of nitrogens with one attached hydrogen (secondary N) is 1. The summed E-state index contributed by atoms with van der Waals surface area (Å²) in [7, 11) is 0. The van der Waals surface area contributed by atoms with Gasteiger partial charge in [-0.1, -0.05) is 24.3 Å². The third-order valence-corrected chi connectivity index (χ3v) is 4.32. The molecule has 6 heteroatoms. The van der Waals surface area contributed by atoms with Gasteiger partial charge in [0, 0.05) is 23.2 Å². The van der Waals surface area contributed by atoms with Gasteiger partial charge in [0.25, 0.3) is 5.56 Å². The number of aromatic nitrogens is 3. The second kappa shape index (κ2) is 6.33. The lowest BCUT2D eigenvalue weighted by Crippen LogP contribution is -2.19. The van der Waals surface area contributed by atoms with Crippen molar-refractivity contribution in [1.82, 2.24) is 14.8 Å². The number of benzene rings is 2. The summed E-state index contributed by atoms with van der Waals surface area (Å²) in [4.78, 5) is 23.6. The molecule has 0 unspecified atom stereocenters. The number of primary amides is 1. The largest absolute Gasteiger partial charge is 0.366 e. The van der Waals surface area contributed by atoms with Crippen molar-refractivity contribution < 1.29 is 4.79 Å². The highest BCUT2D eigenvalue weighted by Crippen LogP contribution is 2.22. The molecule has 2 aromatic carbocycles. The van der Waals surface area contributed by atoms with Crippen molar-refractivity contribution in [2.75, 3.05) is 0 Å². The summed E-state index contributed by atoms with van der Waals surface area (Å²) in [5, 5.41) is 8.01. The van der Waals surface area contributed by atoms with Gasteiger partial charge >= 0.3 is 0 Å². The molecule has 2 heterocycles. The SMILES string of the molecule is NC(=O)c1cccc(Cn2cc(-c3ccc4cn[nH]c4c3)ccc2=O)c1. The smallest absolute Gasteiger partial charge is 0.250 e. The van der Waals surface area contributed by atoms with Crippen molar-refractivity contribution in [2.24, 2.45) is 5.73 Å². The van der Waals surface area contributed by atoms with Gasteiger partial charge in [-0.2, -0.15) is 5.10 Å². The highest BCUT2D eigenvalue weighted by molar-refractivity contribution is 5.92. The topological polar surface area (TPSA) is 93.8 Å². The summed E-state index contributed by atoms with van der Waals surface area (Å²) < 4.78 is 1.62. The molecular weight excluding hydrogens is 328 g/mol. The highest BCUT2D eigenvalue weighted by atomic mass is 16.1. The average Bonchev–Trinajstić information content (AvgIpc) is 3.11. The number of amides is 1. The fraction of sp³-hybridized carbons (Fsp3) is 0.0500. The number of rotatable bonds is 4. The number of aromatic amines is 1. The molecule has 4 aromatic rings. The molecule has 0 aliphatic heterocycles. The maximum absolute atomic E-state index is 12.3. The second-order valence-electron chi connectivity index (χ2n) is 6.12. The molecule has 128 valence electrons. The minimum atomic E-state index is -0.485. The molecule has 2 aromatic heterocycles. The predicted molar refractivity (Wildman–Crippen MR) is 99.9 cm³/mol. The molecule has 3 N–H and O–H groups in total. The molecule has 0 saturated carbocycles. The summed E-state index contributed by atoms with van der Waals surface area (Å²) in [5.41, 5.74) is 9.33. The zero-order chi connectivity index (χ0) is 18.1. The lowest BCUT2D eigenvalue weighted by molar-refractivity contribution is 0.1000. The van der Waals surface area contributed by atoms with Gasteiger partial charge in [0.15, 0.2) is 0 Å². The van der Waals surface area contributed by atoms with Gasteiger partial charge < -0.3 is 10.3 Å². The van der Waals surface area contributed by atoms with E-state index in [0.29, 0.717) is 12.1 Å². The van der Waals surface area contributed by atoms with Crippen LogP contribution in [0.1, 0.15) is 15.9 Å². The van der Waals surface area contributed by atoms with Crippen LogP contribution >= 0.6 is 0 Å². The number of carbonyl (C=O) groups is 1. The maximum Gasteiger partial charge on any atom is 0.250 e. The van der Waals surface area contributed by atoms with E-state index in [1.54, 1.807) is 41.1 Å². The van der Waals surface area contributed by atoms with Crippen molar-refractivity contribution in [2.45, 2.75) is 6.54 Å². The van der Waals surface area contributed by atoms with Gasteiger partial charge in [-0.3, -0.25) is 14.7 Å². The molecule has 4 rings (SSSR count). The molecule has 0 aliphatic carbocycles. The summed E-state index contributed by atoms with van der Waals surface area (Å²) in [6.45, 7) is 0.361. The van der Waals surface area contributed by atoms with E-state index in [2.05, 4.69) is 10.2 Å². The molecule has 6 nitrogen and oxygen atoms in total. The lowest BCUT2D eigenvalue weighted by atomic mass is 10.1. The third-order valence-electron chi connectivity index (χ3n) is 4.32. The molecule has 1 amide bonds. The number of pyridine rings is 1. The number of nitrogens with zero attached hydrogens (tertiary/aromatic N) is 2. The number of H-pyrrole nitrogens is 1. The normalized spacial score (nSPS) is 10.9. The fourth-order valence-corrected chi connectivity index (χ4v) is 2.96. The van der Waals surface area contributed by atoms with E-state index >= 15 is 0 Å². The Balaban J connectivity index is 1.71. The Morgan fingerprint density at radius 3 is 2.77 bits per heavy atom. The van der Waals surface area contributed by atoms with Crippen molar-refractivity contribution >= 4 is 16.8 Å². The van der Waals surface area contributed by atoms with Crippen molar-refractivity contribution in [3.8, 4) is 11.1 Å². The van der Waals surface area contributed by atoms with Crippen LogP contribution in [0.4, 0.5) is 0 Å². The number of hydrogen-bond donors (Lipinski definition) is 2. The lowest BCUT2D eigenvalue weighted by Gasteiger charge is -2.09. The van der Waals surface area contributed by atoms with Gasteiger partial charge in [0.1, 0.15) is 0 Å². The van der Waals surface area contributed by atoms with Crippen LogP contribution in [-0.2, 0) is 6.54 Å². The minimum Gasteiger partial charge on any atom is -0.366 e. The van der Waals surface area contributed by atoms with E-state index in [9.17, 15) is 9.59 Å². The Morgan fingerprint density at radius 1 is 1.08 bits per heavy atom. The van der Waals surface area contributed by atoms with Crippen LogP contribution in [0.5, 0.6) is 0 Å². The van der Waals surface area contributed by atoms with Crippen LogP contribution in [0.3, 0.4) is 0 Å². The standard InChI is InChI=1S/C20H16N4O2/c21-20(26)15-3-1-2-13(8-15)11-24-12-17(6-7-19(24)25)14-4-5-16-10-22-23-18(16)9-14/h1-10,12H,11H2,(H2,21,26)(H,22,23). The Bertz CT molecular complexity index is 1170. The summed E-state index contributed by atoms with van der Waals surface area (Å²) in [6.07, 6.45) is 3.59. The highest BCUT2D eigenvalue weighted by Gasteiger charge is 2.06. The number of hydrogen-bond acceptors (Lipinski definition) is 3. The van der Waals surface area contributed by atoms with E-state index in [0.717, 1.165) is 27.6 Å². The van der Waals surface area contributed by atoms with Crippen molar-refractivity contribution in [1.29, 1.82) is 0 Å². The predicted octanol–water partition coefficient (Wildman–Crippen LogP) is 2.54. The second-order valence-corrected chi connectivity index (χ2v) is 6.12. The van der Waals surface area contributed by atoms with Crippen LogP contribution in [0.25, 0.3) is 22.0 Å². The van der Waals surface area contributed by atoms with Crippen LogP contribution in [-0.4, -0.2) is 20.7 Å². The molecule has 0 bridgehead atoms. The first-order chi connectivity index (χ1) is 12.6. The third kappa shape index (κ3) is 3.00. The summed E-state index contributed by atoms with van der Waals surface area (Å²) >= 11 is 0. The van der Waals surface area contributed by atoms with Gasteiger partial charge in [-0.05, 0) is 41.0 Å². The molecule has 0 atom stereocenters. The van der Waals surface area contributed by atoms with E-state index in [1.807, 2.05) is 30.5 Å². The molecule has 26 heavy (non-hydrogen) atoms. The quantitative estimate of drug-likeness (QED) is 0.596. The average molecular weight is 344 g/mol. The van der Waals surface area contributed by atoms with Crippen molar-refractivity contribution in [3.05, 3.63) is 88.5 Å². The van der Waals surface area contributed by atoms with E-state index in [1.165, 1.54) is 0 Å². The number of fused-ring (bicyclic) bond motifs is 1. The minimum absolute atomic E-state index is 0.110. The van der Waals surface area contributed by atoms with E-state index in [4.69, 9.17) is 5.73 Å². The molecule has 0 spiro atoms. The van der Waals surface area contributed by atoms with Crippen LogP contribution in [0, 0.1) is 0 Å². The fourth-order valence-electron chi connectivity index (χ4n) is 2.96. The summed E-state index contributed by atoms with van der Waals surface area (Å²) in [6, 6.07) is 16.3. The van der Waals surface area contributed by atoms with Gasteiger partial charge in [-0.15, -0.1) is 0 Å². The molecule has 0 fully saturated rings. The number of nitrogens with two attached hydrogens (primary N) is 1. The Kier molecular flexibility index (Phi) is 3.85. The molecule has 0 saturated heterocycles. The van der Waals surface area contributed by atoms with Crippen LogP contribution < -0.4 is 11.3 Å². The van der Waals surface area contributed by atoms with Crippen LogP contribution in [0.2, 0.25) is 0 Å². The zero-order valence-electron chi connectivity index (χ0n) is 13.8. The number of carbonyl (C=O) groups excluding carboxylic acids is 1. The first-order valence-corrected chi connectivity index (χ1v) is 8.13. The van der Waals surface area contributed by atoms with E-state index < -0.39 is 5.91 Å². The van der Waals surface area contributed by atoms with Crippen molar-refractivity contribution in [3.63, 3.8) is 0 Å². The maximum atomic E-state index is 12.3. The Labute approximate surface area is 148 Å². The van der Waals surface area contributed by atoms with Gasteiger partial charge in [0.2, 0.25) is 5.91 Å². The molecular formula is C20H16N4O2. The monoisotopic (exact) mass is 344 g/mol. The molecule has 0 aliphatic rings. The Morgan fingerprint density at radius 2 is 1.92 bits per heavy atom. The van der Waals surface area contributed by atoms with Gasteiger partial charge in [0.05, 0.1) is 18.3 Å². The zero-order valence-corrected chi connectivity index (χ0v) is 13.8. The van der Waals surface area contributed by atoms with Gasteiger partial charge in [-0.25, -0.2) is 0 Å². The van der Waals surface area contributed by atoms with E-state index in [-0.39, 0.29) is 5.56 Å².